The molecule has 1 aliphatic rings. The second kappa shape index (κ2) is 5.40. The number of likely N-dealkylation sites (tertiary alicyclic amines) is 1. The Morgan fingerprint density at radius 2 is 2.00 bits per heavy atom. The van der Waals surface area contributed by atoms with Crippen molar-refractivity contribution in [2.45, 2.75) is 38.3 Å². The molecule has 2 rings (SSSR count). The topological polar surface area (TPSA) is 55.6 Å². The number of nitrogens with two attached hydrogens (primary N) is 1. The number of nitrogens with zero attached hydrogens (tertiary/aromatic N) is 1. The average Bonchev–Trinajstić information content (AvgIpc) is 2.70. The van der Waals surface area contributed by atoms with Crippen LogP contribution in [0.5, 0.6) is 0 Å². The Balaban J connectivity index is 2.10. The molecule has 5 heteroatoms. The van der Waals surface area contributed by atoms with Crippen LogP contribution in [0.3, 0.4) is 0 Å². The molecule has 1 aromatic rings. The summed E-state index contributed by atoms with van der Waals surface area (Å²) >= 11 is 0. The van der Waals surface area contributed by atoms with E-state index >= 15 is 0 Å². The zero-order chi connectivity index (χ0) is 14.9. The van der Waals surface area contributed by atoms with E-state index in [1.807, 2.05) is 20.8 Å². The number of halogens is 1. The molecule has 2 N–H and O–H groups in total. The first-order valence-electron chi connectivity index (χ1n) is 6.76. The Morgan fingerprint density at radius 1 is 1.35 bits per heavy atom. The summed E-state index contributed by atoms with van der Waals surface area (Å²) in [5.41, 5.74) is 6.07. The van der Waals surface area contributed by atoms with Crippen LogP contribution in [0, 0.1) is 5.82 Å². The molecule has 1 heterocycles. The predicted octanol–water partition coefficient (Wildman–Crippen LogP) is 2.49. The molecule has 1 aromatic carbocycles. The van der Waals surface area contributed by atoms with Crippen LogP contribution in [0.25, 0.3) is 0 Å². The maximum Gasteiger partial charge on any atom is 0.410 e. The van der Waals surface area contributed by atoms with Crippen molar-refractivity contribution < 1.29 is 13.9 Å². The quantitative estimate of drug-likeness (QED) is 0.860. The maximum absolute atomic E-state index is 13.8. The van der Waals surface area contributed by atoms with Crippen LogP contribution in [0.15, 0.2) is 24.3 Å². The van der Waals surface area contributed by atoms with Crippen molar-refractivity contribution in [3.63, 3.8) is 0 Å². The summed E-state index contributed by atoms with van der Waals surface area (Å²) in [6, 6.07) is 6.28. The molecule has 0 radical (unpaired) electrons. The number of hydrogen-bond donors (Lipinski definition) is 1. The van der Waals surface area contributed by atoms with Crippen molar-refractivity contribution in [3.05, 3.63) is 35.6 Å². The lowest BCUT2D eigenvalue weighted by molar-refractivity contribution is 0.0290. The number of carbonyl (C=O) groups excluding carboxylic acids is 1. The number of hydrogen-bond acceptors (Lipinski definition) is 3. The van der Waals surface area contributed by atoms with Gasteiger partial charge in [0, 0.05) is 25.0 Å². The minimum Gasteiger partial charge on any atom is -0.444 e. The van der Waals surface area contributed by atoms with Crippen LogP contribution in [-0.4, -0.2) is 35.7 Å². The predicted molar refractivity (Wildman–Crippen MR) is 74.9 cm³/mol. The Hall–Kier alpha value is -1.62. The summed E-state index contributed by atoms with van der Waals surface area (Å²) in [7, 11) is 0. The first kappa shape index (κ1) is 14.8. The highest BCUT2D eigenvalue weighted by Gasteiger charge is 2.36. The summed E-state index contributed by atoms with van der Waals surface area (Å²) in [6.07, 6.45) is -0.396. The Bertz CT molecular complexity index is 499. The van der Waals surface area contributed by atoms with Gasteiger partial charge in [0.25, 0.3) is 0 Å². The standard InChI is InChI=1S/C15H21FN2O2/c1-15(2,3)20-14(19)18-8-11(13(17)9-18)10-6-4-5-7-12(10)16/h4-7,11,13H,8-9,17H2,1-3H3/t11-,13-/m0/s1. The van der Waals surface area contributed by atoms with Gasteiger partial charge >= 0.3 is 6.09 Å². The zero-order valence-corrected chi connectivity index (χ0v) is 12.1. The van der Waals surface area contributed by atoms with Gasteiger partial charge in [-0.3, -0.25) is 0 Å². The molecule has 2 atom stereocenters. The first-order valence-corrected chi connectivity index (χ1v) is 6.76. The van der Waals surface area contributed by atoms with Gasteiger partial charge in [-0.25, -0.2) is 9.18 Å². The Labute approximate surface area is 118 Å². The van der Waals surface area contributed by atoms with E-state index in [1.54, 1.807) is 23.1 Å². The van der Waals surface area contributed by atoms with Crippen LogP contribution >= 0.6 is 0 Å². The van der Waals surface area contributed by atoms with E-state index in [2.05, 4.69) is 0 Å². The molecular formula is C15H21FN2O2. The summed E-state index contributed by atoms with van der Waals surface area (Å²) < 4.78 is 19.1. The van der Waals surface area contributed by atoms with Gasteiger partial charge in [0.2, 0.25) is 0 Å². The number of ether oxygens (including phenoxy) is 1. The molecule has 1 fully saturated rings. The van der Waals surface area contributed by atoms with Gasteiger partial charge in [0.1, 0.15) is 11.4 Å². The monoisotopic (exact) mass is 280 g/mol. The van der Waals surface area contributed by atoms with Crippen LogP contribution in [0.2, 0.25) is 0 Å². The van der Waals surface area contributed by atoms with E-state index in [4.69, 9.17) is 10.5 Å². The summed E-state index contributed by atoms with van der Waals surface area (Å²) in [6.45, 7) is 6.21. The molecule has 0 bridgehead atoms. The van der Waals surface area contributed by atoms with Crippen LogP contribution in [0.1, 0.15) is 32.3 Å². The van der Waals surface area contributed by atoms with E-state index in [9.17, 15) is 9.18 Å². The zero-order valence-electron chi connectivity index (χ0n) is 12.1. The fourth-order valence-corrected chi connectivity index (χ4v) is 2.41. The van der Waals surface area contributed by atoms with E-state index in [1.165, 1.54) is 6.07 Å². The SMILES string of the molecule is CC(C)(C)OC(=O)N1C[C@H](N)[C@H](c2ccccc2F)C1. The smallest absolute Gasteiger partial charge is 0.410 e. The molecule has 110 valence electrons. The molecule has 1 amide bonds. The van der Waals surface area contributed by atoms with Gasteiger partial charge in [0.05, 0.1) is 0 Å². The van der Waals surface area contributed by atoms with E-state index in [-0.39, 0.29) is 17.8 Å². The van der Waals surface area contributed by atoms with Crippen LogP contribution in [0.4, 0.5) is 9.18 Å². The van der Waals surface area contributed by atoms with Gasteiger partial charge in [-0.05, 0) is 32.4 Å². The lowest BCUT2D eigenvalue weighted by Crippen LogP contribution is -2.36. The number of rotatable bonds is 1. The molecule has 0 unspecified atom stereocenters. The second-order valence-electron chi connectivity index (χ2n) is 6.18. The summed E-state index contributed by atoms with van der Waals surface area (Å²) in [5.74, 6) is -0.470. The lowest BCUT2D eigenvalue weighted by atomic mass is 9.94. The minimum atomic E-state index is -0.544. The number of amides is 1. The van der Waals surface area contributed by atoms with Crippen molar-refractivity contribution in [2.24, 2.45) is 5.73 Å². The maximum atomic E-state index is 13.8. The number of carbonyl (C=O) groups is 1. The molecule has 0 saturated carbocycles. The summed E-state index contributed by atoms with van der Waals surface area (Å²) in [4.78, 5) is 13.6. The van der Waals surface area contributed by atoms with Crippen LogP contribution < -0.4 is 5.73 Å². The van der Waals surface area contributed by atoms with Gasteiger partial charge < -0.3 is 15.4 Å². The van der Waals surface area contributed by atoms with Crippen molar-refractivity contribution in [1.82, 2.24) is 4.90 Å². The van der Waals surface area contributed by atoms with Gasteiger partial charge in [-0.1, -0.05) is 18.2 Å². The highest BCUT2D eigenvalue weighted by molar-refractivity contribution is 5.69. The second-order valence-corrected chi connectivity index (χ2v) is 6.18. The largest absolute Gasteiger partial charge is 0.444 e. The lowest BCUT2D eigenvalue weighted by Gasteiger charge is -2.24. The van der Waals surface area contributed by atoms with E-state index < -0.39 is 11.7 Å². The van der Waals surface area contributed by atoms with Crippen LogP contribution in [-0.2, 0) is 4.74 Å². The highest BCUT2D eigenvalue weighted by atomic mass is 19.1. The summed E-state index contributed by atoms with van der Waals surface area (Å²) in [5, 5.41) is 0. The molecule has 4 nitrogen and oxygen atoms in total. The fraction of sp³-hybridized carbons (Fsp3) is 0.533. The number of benzene rings is 1. The highest BCUT2D eigenvalue weighted by Crippen LogP contribution is 2.29. The van der Waals surface area contributed by atoms with Crippen molar-refractivity contribution >= 4 is 6.09 Å². The third kappa shape index (κ3) is 3.28. The van der Waals surface area contributed by atoms with E-state index in [0.717, 1.165) is 0 Å². The normalized spacial score (nSPS) is 22.9. The molecule has 1 aliphatic heterocycles. The third-order valence-electron chi connectivity index (χ3n) is 3.32. The Kier molecular flexibility index (Phi) is 3.99. The first-order chi connectivity index (χ1) is 9.28. The molecule has 0 spiro atoms. The van der Waals surface area contributed by atoms with E-state index in [0.29, 0.717) is 18.7 Å². The molecule has 1 saturated heterocycles. The van der Waals surface area contributed by atoms with Gasteiger partial charge in [-0.15, -0.1) is 0 Å². The average molecular weight is 280 g/mol. The van der Waals surface area contributed by atoms with Crippen molar-refractivity contribution in [2.75, 3.05) is 13.1 Å². The molecular weight excluding hydrogens is 259 g/mol. The minimum absolute atomic E-state index is 0.191. The van der Waals surface area contributed by atoms with Crippen molar-refractivity contribution in [1.29, 1.82) is 0 Å². The Morgan fingerprint density at radius 3 is 2.60 bits per heavy atom. The molecule has 0 aromatic heterocycles. The van der Waals surface area contributed by atoms with Gasteiger partial charge in [0.15, 0.2) is 0 Å². The molecule has 0 aliphatic carbocycles. The van der Waals surface area contributed by atoms with Crippen molar-refractivity contribution in [3.8, 4) is 0 Å². The third-order valence-corrected chi connectivity index (χ3v) is 3.32. The fourth-order valence-electron chi connectivity index (χ4n) is 2.41. The van der Waals surface area contributed by atoms with Gasteiger partial charge in [-0.2, -0.15) is 0 Å². The molecule has 20 heavy (non-hydrogen) atoms.